The van der Waals surface area contributed by atoms with Crippen LogP contribution in [0.25, 0.3) is 0 Å². The van der Waals surface area contributed by atoms with Crippen molar-refractivity contribution in [1.29, 1.82) is 0 Å². The van der Waals surface area contributed by atoms with E-state index in [1.54, 1.807) is 0 Å². The lowest BCUT2D eigenvalue weighted by Crippen LogP contribution is -2.42. The van der Waals surface area contributed by atoms with Crippen LogP contribution in [0.15, 0.2) is 24.3 Å². The molecule has 0 unspecified atom stereocenters. The van der Waals surface area contributed by atoms with Crippen LogP contribution in [-0.4, -0.2) is 42.3 Å². The van der Waals surface area contributed by atoms with Crippen molar-refractivity contribution in [3.05, 3.63) is 35.4 Å². The SMILES string of the molecule is CCc1ccc([C@@H](C(=O)O)N2CCOCC2)cc1. The van der Waals surface area contributed by atoms with Crippen LogP contribution in [0.5, 0.6) is 0 Å². The zero-order valence-corrected chi connectivity index (χ0v) is 10.6. The van der Waals surface area contributed by atoms with Crippen LogP contribution in [0, 0.1) is 0 Å². The first kappa shape index (κ1) is 13.1. The number of ether oxygens (including phenoxy) is 1. The third-order valence-electron chi connectivity index (χ3n) is 3.35. The number of benzene rings is 1. The van der Waals surface area contributed by atoms with Gasteiger partial charge >= 0.3 is 5.97 Å². The number of hydrogen-bond donors (Lipinski definition) is 1. The molecule has 98 valence electrons. The van der Waals surface area contributed by atoms with Crippen molar-refractivity contribution in [3.8, 4) is 0 Å². The zero-order valence-electron chi connectivity index (χ0n) is 10.6. The molecule has 0 radical (unpaired) electrons. The first-order valence-corrected chi connectivity index (χ1v) is 6.36. The van der Waals surface area contributed by atoms with Crippen molar-refractivity contribution in [2.75, 3.05) is 26.3 Å². The van der Waals surface area contributed by atoms with E-state index in [4.69, 9.17) is 4.74 Å². The van der Waals surface area contributed by atoms with Gasteiger partial charge < -0.3 is 9.84 Å². The number of carboxylic acids is 1. The minimum atomic E-state index is -0.791. The highest BCUT2D eigenvalue weighted by molar-refractivity contribution is 5.75. The highest BCUT2D eigenvalue weighted by atomic mass is 16.5. The lowest BCUT2D eigenvalue weighted by molar-refractivity contribution is -0.145. The molecule has 1 aromatic carbocycles. The number of rotatable bonds is 4. The molecular weight excluding hydrogens is 230 g/mol. The molecule has 1 fully saturated rings. The minimum absolute atomic E-state index is 0.556. The first-order chi connectivity index (χ1) is 8.72. The van der Waals surface area contributed by atoms with Crippen LogP contribution in [0.3, 0.4) is 0 Å². The molecular formula is C14H19NO3. The van der Waals surface area contributed by atoms with E-state index in [0.717, 1.165) is 12.0 Å². The molecule has 4 heteroatoms. The molecule has 0 aromatic heterocycles. The van der Waals surface area contributed by atoms with E-state index in [1.165, 1.54) is 5.56 Å². The van der Waals surface area contributed by atoms with Gasteiger partial charge in [0.25, 0.3) is 0 Å². The van der Waals surface area contributed by atoms with Crippen molar-refractivity contribution < 1.29 is 14.6 Å². The monoisotopic (exact) mass is 249 g/mol. The molecule has 0 bridgehead atoms. The molecule has 0 spiro atoms. The molecule has 2 rings (SSSR count). The van der Waals surface area contributed by atoms with Gasteiger partial charge in [0, 0.05) is 13.1 Å². The van der Waals surface area contributed by atoms with Crippen LogP contribution in [0.1, 0.15) is 24.1 Å². The summed E-state index contributed by atoms with van der Waals surface area (Å²) in [5.74, 6) is -0.791. The number of morpholine rings is 1. The van der Waals surface area contributed by atoms with Crippen molar-refractivity contribution in [1.82, 2.24) is 4.90 Å². The van der Waals surface area contributed by atoms with E-state index in [9.17, 15) is 9.90 Å². The smallest absolute Gasteiger partial charge is 0.325 e. The summed E-state index contributed by atoms with van der Waals surface area (Å²) >= 11 is 0. The average molecular weight is 249 g/mol. The lowest BCUT2D eigenvalue weighted by Gasteiger charge is -2.32. The van der Waals surface area contributed by atoms with Gasteiger partial charge in [-0.15, -0.1) is 0 Å². The van der Waals surface area contributed by atoms with Crippen LogP contribution < -0.4 is 0 Å². The Morgan fingerprint density at radius 1 is 1.33 bits per heavy atom. The predicted molar refractivity (Wildman–Crippen MR) is 68.6 cm³/mol. The second kappa shape index (κ2) is 5.98. The molecule has 1 aliphatic rings. The summed E-state index contributed by atoms with van der Waals surface area (Å²) in [7, 11) is 0. The Morgan fingerprint density at radius 2 is 1.94 bits per heavy atom. The van der Waals surface area contributed by atoms with Gasteiger partial charge in [-0.25, -0.2) is 0 Å². The Balaban J connectivity index is 2.20. The number of carboxylic acid groups (broad SMARTS) is 1. The Morgan fingerprint density at radius 3 is 2.44 bits per heavy atom. The molecule has 1 aromatic rings. The Bertz CT molecular complexity index is 396. The normalized spacial score (nSPS) is 18.5. The zero-order chi connectivity index (χ0) is 13.0. The fourth-order valence-electron chi connectivity index (χ4n) is 2.28. The van der Waals surface area contributed by atoms with E-state index >= 15 is 0 Å². The number of aliphatic carboxylic acids is 1. The van der Waals surface area contributed by atoms with Gasteiger partial charge in [-0.2, -0.15) is 0 Å². The summed E-state index contributed by atoms with van der Waals surface area (Å²) in [4.78, 5) is 13.4. The van der Waals surface area contributed by atoms with Crippen LogP contribution in [0.4, 0.5) is 0 Å². The van der Waals surface area contributed by atoms with Gasteiger partial charge in [-0.05, 0) is 17.5 Å². The summed E-state index contributed by atoms with van der Waals surface area (Å²) in [6.45, 7) is 4.65. The molecule has 4 nitrogen and oxygen atoms in total. The Labute approximate surface area is 107 Å². The Kier molecular flexibility index (Phi) is 4.33. The molecule has 1 N–H and O–H groups in total. The summed E-state index contributed by atoms with van der Waals surface area (Å²) in [5.41, 5.74) is 2.08. The maximum Gasteiger partial charge on any atom is 0.325 e. The lowest BCUT2D eigenvalue weighted by atomic mass is 10.0. The van der Waals surface area contributed by atoms with Gasteiger partial charge in [0.05, 0.1) is 13.2 Å². The number of carbonyl (C=O) groups is 1. The largest absolute Gasteiger partial charge is 0.480 e. The van der Waals surface area contributed by atoms with Crippen molar-refractivity contribution >= 4 is 5.97 Å². The van der Waals surface area contributed by atoms with Crippen LogP contribution >= 0.6 is 0 Å². The van der Waals surface area contributed by atoms with Gasteiger partial charge in [-0.1, -0.05) is 31.2 Å². The first-order valence-electron chi connectivity index (χ1n) is 6.36. The number of nitrogens with zero attached hydrogens (tertiary/aromatic N) is 1. The quantitative estimate of drug-likeness (QED) is 0.882. The van der Waals surface area contributed by atoms with Gasteiger partial charge in [0.15, 0.2) is 0 Å². The topological polar surface area (TPSA) is 49.8 Å². The maximum absolute atomic E-state index is 11.5. The standard InChI is InChI=1S/C14H19NO3/c1-2-11-3-5-12(6-4-11)13(14(16)17)15-7-9-18-10-8-15/h3-6,13H,2,7-10H2,1H3,(H,16,17)/t13-/m0/s1. The van der Waals surface area contributed by atoms with Crippen LogP contribution in [0.2, 0.25) is 0 Å². The molecule has 1 atom stereocenters. The average Bonchev–Trinajstić information content (AvgIpc) is 2.40. The third kappa shape index (κ3) is 2.89. The number of aryl methyl sites for hydroxylation is 1. The van der Waals surface area contributed by atoms with E-state index in [0.29, 0.717) is 26.3 Å². The van der Waals surface area contributed by atoms with E-state index < -0.39 is 12.0 Å². The highest BCUT2D eigenvalue weighted by Gasteiger charge is 2.28. The van der Waals surface area contributed by atoms with E-state index in [2.05, 4.69) is 6.92 Å². The molecule has 18 heavy (non-hydrogen) atoms. The highest BCUT2D eigenvalue weighted by Crippen LogP contribution is 2.22. The fraction of sp³-hybridized carbons (Fsp3) is 0.500. The molecule has 1 saturated heterocycles. The molecule has 1 aliphatic heterocycles. The second-order valence-electron chi connectivity index (χ2n) is 4.48. The predicted octanol–water partition coefficient (Wildman–Crippen LogP) is 1.71. The third-order valence-corrected chi connectivity index (χ3v) is 3.35. The molecule has 0 saturated carbocycles. The van der Waals surface area contributed by atoms with Crippen molar-refractivity contribution in [2.45, 2.75) is 19.4 Å². The summed E-state index contributed by atoms with van der Waals surface area (Å²) < 4.78 is 5.27. The van der Waals surface area contributed by atoms with Gasteiger partial charge in [-0.3, -0.25) is 9.69 Å². The summed E-state index contributed by atoms with van der Waals surface area (Å²) in [6, 6.07) is 7.30. The van der Waals surface area contributed by atoms with Crippen LogP contribution in [-0.2, 0) is 16.0 Å². The second-order valence-corrected chi connectivity index (χ2v) is 4.48. The molecule has 1 heterocycles. The van der Waals surface area contributed by atoms with E-state index in [-0.39, 0.29) is 0 Å². The number of hydrogen-bond acceptors (Lipinski definition) is 3. The summed E-state index contributed by atoms with van der Waals surface area (Å²) in [5, 5.41) is 9.42. The molecule has 0 amide bonds. The van der Waals surface area contributed by atoms with Crippen molar-refractivity contribution in [2.24, 2.45) is 0 Å². The van der Waals surface area contributed by atoms with Crippen molar-refractivity contribution in [3.63, 3.8) is 0 Å². The molecule has 0 aliphatic carbocycles. The maximum atomic E-state index is 11.5. The van der Waals surface area contributed by atoms with Gasteiger partial charge in [0.1, 0.15) is 6.04 Å². The van der Waals surface area contributed by atoms with E-state index in [1.807, 2.05) is 29.2 Å². The Hall–Kier alpha value is -1.39. The minimum Gasteiger partial charge on any atom is -0.480 e. The van der Waals surface area contributed by atoms with Gasteiger partial charge in [0.2, 0.25) is 0 Å². The fourth-order valence-corrected chi connectivity index (χ4v) is 2.28. The summed E-state index contributed by atoms with van der Waals surface area (Å²) in [6.07, 6.45) is 0.968.